The average molecular weight is 279 g/mol. The first-order valence-corrected chi connectivity index (χ1v) is 6.90. The zero-order valence-electron chi connectivity index (χ0n) is 12.8. The van der Waals surface area contributed by atoms with Gasteiger partial charge < -0.3 is 9.64 Å². The molecular formula is C19H21NO. The van der Waals surface area contributed by atoms with Crippen molar-refractivity contribution in [3.63, 3.8) is 0 Å². The molecule has 108 valence electrons. The van der Waals surface area contributed by atoms with Gasteiger partial charge in [-0.3, -0.25) is 0 Å². The number of hydrogen-bond acceptors (Lipinski definition) is 2. The minimum Gasteiger partial charge on any atom is -0.497 e. The van der Waals surface area contributed by atoms with Crippen molar-refractivity contribution >= 4 is 11.3 Å². The van der Waals surface area contributed by atoms with Crippen molar-refractivity contribution in [3.8, 4) is 5.75 Å². The van der Waals surface area contributed by atoms with E-state index in [1.807, 2.05) is 38.4 Å². The van der Waals surface area contributed by atoms with Crippen molar-refractivity contribution in [2.45, 2.75) is 0 Å². The highest BCUT2D eigenvalue weighted by Crippen LogP contribution is 2.26. The Labute approximate surface area is 127 Å². The number of allylic oxidation sites excluding steroid dienone is 2. The molecule has 2 nitrogen and oxygen atoms in total. The Hall–Kier alpha value is -2.48. The molecule has 0 aliphatic rings. The number of anilines is 1. The number of ether oxygens (including phenoxy) is 1. The third-order valence-corrected chi connectivity index (χ3v) is 3.38. The summed E-state index contributed by atoms with van der Waals surface area (Å²) in [6.45, 7) is 3.82. The molecule has 0 amide bonds. The van der Waals surface area contributed by atoms with Crippen LogP contribution in [0.1, 0.15) is 11.1 Å². The summed E-state index contributed by atoms with van der Waals surface area (Å²) in [6.07, 6.45) is 3.85. The van der Waals surface area contributed by atoms with E-state index in [0.29, 0.717) is 0 Å². The lowest BCUT2D eigenvalue weighted by molar-refractivity contribution is 0.415. The van der Waals surface area contributed by atoms with Crippen LogP contribution in [-0.2, 0) is 0 Å². The van der Waals surface area contributed by atoms with E-state index in [1.54, 1.807) is 7.11 Å². The van der Waals surface area contributed by atoms with E-state index in [-0.39, 0.29) is 0 Å². The number of hydrogen-bond donors (Lipinski definition) is 0. The Morgan fingerprint density at radius 1 is 0.952 bits per heavy atom. The summed E-state index contributed by atoms with van der Waals surface area (Å²) >= 11 is 0. The maximum Gasteiger partial charge on any atom is 0.118 e. The molecule has 0 bridgehead atoms. The molecule has 0 N–H and O–H groups in total. The van der Waals surface area contributed by atoms with Crippen LogP contribution in [-0.4, -0.2) is 21.2 Å². The predicted octanol–water partition coefficient (Wildman–Crippen LogP) is 4.38. The summed E-state index contributed by atoms with van der Waals surface area (Å²) < 4.78 is 5.21. The zero-order chi connectivity index (χ0) is 15.2. The van der Waals surface area contributed by atoms with Gasteiger partial charge in [-0.1, -0.05) is 43.0 Å². The van der Waals surface area contributed by atoms with E-state index in [0.717, 1.165) is 16.9 Å². The van der Waals surface area contributed by atoms with Crippen LogP contribution in [0.25, 0.3) is 5.57 Å². The molecule has 2 aromatic carbocycles. The highest BCUT2D eigenvalue weighted by atomic mass is 16.5. The number of rotatable bonds is 5. The van der Waals surface area contributed by atoms with Crippen molar-refractivity contribution in [2.24, 2.45) is 0 Å². The van der Waals surface area contributed by atoms with Crippen LogP contribution in [0.15, 0.2) is 67.3 Å². The molecule has 0 saturated carbocycles. The van der Waals surface area contributed by atoms with E-state index in [4.69, 9.17) is 4.74 Å². The highest BCUT2D eigenvalue weighted by molar-refractivity contribution is 5.81. The molecule has 0 atom stereocenters. The molecular weight excluding hydrogens is 258 g/mol. The van der Waals surface area contributed by atoms with Crippen molar-refractivity contribution < 1.29 is 4.74 Å². The minimum atomic E-state index is 0.861. The Kier molecular flexibility index (Phi) is 4.83. The van der Waals surface area contributed by atoms with Gasteiger partial charge in [0, 0.05) is 19.8 Å². The van der Waals surface area contributed by atoms with Gasteiger partial charge in [0.15, 0.2) is 0 Å². The lowest BCUT2D eigenvalue weighted by Crippen LogP contribution is -2.08. The van der Waals surface area contributed by atoms with Crippen molar-refractivity contribution in [1.82, 2.24) is 0 Å². The van der Waals surface area contributed by atoms with Gasteiger partial charge >= 0.3 is 0 Å². The number of methoxy groups -OCH3 is 1. The fraction of sp³-hybridized carbons (Fsp3) is 0.158. The van der Waals surface area contributed by atoms with E-state index in [9.17, 15) is 0 Å². The topological polar surface area (TPSA) is 12.5 Å². The third-order valence-electron chi connectivity index (χ3n) is 3.38. The van der Waals surface area contributed by atoms with E-state index in [2.05, 4.69) is 47.9 Å². The predicted molar refractivity (Wildman–Crippen MR) is 91.0 cm³/mol. The Morgan fingerprint density at radius 2 is 1.48 bits per heavy atom. The number of benzene rings is 2. The van der Waals surface area contributed by atoms with Gasteiger partial charge in [0.2, 0.25) is 0 Å². The lowest BCUT2D eigenvalue weighted by Gasteiger charge is -2.14. The van der Waals surface area contributed by atoms with Crippen LogP contribution in [0.4, 0.5) is 5.69 Å². The maximum absolute atomic E-state index is 5.21. The largest absolute Gasteiger partial charge is 0.497 e. The van der Waals surface area contributed by atoms with Gasteiger partial charge in [-0.25, -0.2) is 0 Å². The fourth-order valence-electron chi connectivity index (χ4n) is 2.19. The second-order valence-corrected chi connectivity index (χ2v) is 4.99. The lowest BCUT2D eigenvalue weighted by atomic mass is 9.97. The van der Waals surface area contributed by atoms with Gasteiger partial charge in [-0.05, 0) is 41.0 Å². The van der Waals surface area contributed by atoms with Crippen LogP contribution in [0.5, 0.6) is 5.75 Å². The molecule has 2 rings (SSSR count). The second kappa shape index (κ2) is 6.80. The van der Waals surface area contributed by atoms with Crippen molar-refractivity contribution in [1.29, 1.82) is 0 Å². The SMILES string of the molecule is C=C/C=C(/c1ccc(OC)cc1)c1ccc(N(C)C)cc1. The second-order valence-electron chi connectivity index (χ2n) is 4.99. The average Bonchev–Trinajstić information content (AvgIpc) is 2.53. The van der Waals surface area contributed by atoms with Gasteiger partial charge in [-0.2, -0.15) is 0 Å². The third kappa shape index (κ3) is 3.54. The van der Waals surface area contributed by atoms with Crippen molar-refractivity contribution in [3.05, 3.63) is 78.4 Å². The fourth-order valence-corrected chi connectivity index (χ4v) is 2.19. The van der Waals surface area contributed by atoms with E-state index in [1.165, 1.54) is 11.3 Å². The van der Waals surface area contributed by atoms with E-state index >= 15 is 0 Å². The highest BCUT2D eigenvalue weighted by Gasteiger charge is 2.05. The van der Waals surface area contributed by atoms with Crippen LogP contribution >= 0.6 is 0 Å². The Balaban J connectivity index is 2.38. The van der Waals surface area contributed by atoms with Gasteiger partial charge in [0.25, 0.3) is 0 Å². The molecule has 2 aromatic rings. The summed E-state index contributed by atoms with van der Waals surface area (Å²) in [5.41, 5.74) is 4.66. The molecule has 0 saturated heterocycles. The number of nitrogens with zero attached hydrogens (tertiary/aromatic N) is 1. The summed E-state index contributed by atoms with van der Waals surface area (Å²) in [5, 5.41) is 0. The Morgan fingerprint density at radius 3 is 1.90 bits per heavy atom. The smallest absolute Gasteiger partial charge is 0.118 e. The van der Waals surface area contributed by atoms with Crippen LogP contribution in [0.2, 0.25) is 0 Å². The molecule has 0 radical (unpaired) electrons. The molecule has 0 heterocycles. The summed E-state index contributed by atoms with van der Waals surface area (Å²) in [6, 6.07) is 16.6. The normalized spacial score (nSPS) is 11.1. The molecule has 0 aliphatic heterocycles. The molecule has 2 heteroatoms. The first kappa shape index (κ1) is 14.9. The minimum absolute atomic E-state index is 0.861. The first-order chi connectivity index (χ1) is 10.2. The van der Waals surface area contributed by atoms with Gasteiger partial charge in [0.05, 0.1) is 7.11 Å². The van der Waals surface area contributed by atoms with Crippen molar-refractivity contribution in [2.75, 3.05) is 26.1 Å². The zero-order valence-corrected chi connectivity index (χ0v) is 12.8. The summed E-state index contributed by atoms with van der Waals surface area (Å²) in [5.74, 6) is 0.861. The Bertz CT molecular complexity index is 622. The molecule has 0 aromatic heterocycles. The molecule has 21 heavy (non-hydrogen) atoms. The first-order valence-electron chi connectivity index (χ1n) is 6.90. The monoisotopic (exact) mass is 279 g/mol. The summed E-state index contributed by atoms with van der Waals surface area (Å²) in [7, 11) is 5.76. The quantitative estimate of drug-likeness (QED) is 0.753. The maximum atomic E-state index is 5.21. The van der Waals surface area contributed by atoms with Crippen LogP contribution in [0, 0.1) is 0 Å². The molecule has 0 aliphatic carbocycles. The molecule has 0 fully saturated rings. The van der Waals surface area contributed by atoms with Crippen LogP contribution < -0.4 is 9.64 Å². The standard InChI is InChI=1S/C19H21NO/c1-5-6-19(16-9-13-18(21-4)14-10-16)15-7-11-17(12-8-15)20(2)3/h5-14H,1H2,2-4H3/b19-6+. The van der Waals surface area contributed by atoms with E-state index < -0.39 is 0 Å². The van der Waals surface area contributed by atoms with Gasteiger partial charge in [0.1, 0.15) is 5.75 Å². The van der Waals surface area contributed by atoms with Gasteiger partial charge in [-0.15, -0.1) is 0 Å². The molecule has 0 unspecified atom stereocenters. The summed E-state index contributed by atoms with van der Waals surface area (Å²) in [4.78, 5) is 2.09. The molecule has 0 spiro atoms. The van der Waals surface area contributed by atoms with Crippen LogP contribution in [0.3, 0.4) is 0 Å².